The van der Waals surface area contributed by atoms with E-state index in [1.807, 2.05) is 35.7 Å². The minimum Gasteiger partial charge on any atom is -0.393 e. The zero-order chi connectivity index (χ0) is 15.9. The third-order valence-electron chi connectivity index (χ3n) is 3.99. The molecule has 1 aromatic carbocycles. The topological polar surface area (TPSA) is 77.7 Å². The summed E-state index contributed by atoms with van der Waals surface area (Å²) in [5.74, 6) is 0. The Morgan fingerprint density at radius 1 is 1.18 bits per heavy atom. The maximum atomic E-state index is 12.1. The Bertz CT molecular complexity index is 873. The molecule has 0 radical (unpaired) electrons. The van der Waals surface area contributed by atoms with Crippen LogP contribution in [0.3, 0.4) is 0 Å². The Labute approximate surface area is 127 Å². The van der Waals surface area contributed by atoms with E-state index in [0.29, 0.717) is 16.8 Å². The zero-order valence-corrected chi connectivity index (χ0v) is 12.5. The molecule has 0 amide bonds. The van der Waals surface area contributed by atoms with E-state index in [1.165, 1.54) is 0 Å². The number of hydrogen-bond donors (Lipinski definition) is 3. The van der Waals surface area contributed by atoms with Crippen molar-refractivity contribution in [3.63, 3.8) is 0 Å². The molecule has 3 aromatic rings. The van der Waals surface area contributed by atoms with E-state index in [-0.39, 0.29) is 12.2 Å². The van der Waals surface area contributed by atoms with Crippen LogP contribution in [0.15, 0.2) is 47.4 Å². The molecular formula is C17H18N2O3. The number of aliphatic hydroxyl groups excluding tert-OH is 1. The number of hydrogen-bond acceptors (Lipinski definition) is 3. The highest BCUT2D eigenvalue weighted by Crippen LogP contribution is 2.24. The highest BCUT2D eigenvalue weighted by Gasteiger charge is 2.21. The molecule has 0 saturated carbocycles. The van der Waals surface area contributed by atoms with Gasteiger partial charge in [-0.15, -0.1) is 0 Å². The van der Waals surface area contributed by atoms with E-state index in [2.05, 4.69) is 4.98 Å². The average Bonchev–Trinajstić information content (AvgIpc) is 2.89. The second-order valence-corrected chi connectivity index (χ2v) is 5.74. The lowest BCUT2D eigenvalue weighted by atomic mass is 9.95. The molecule has 1 atom stereocenters. The Morgan fingerprint density at radius 2 is 1.86 bits per heavy atom. The van der Waals surface area contributed by atoms with Crippen LogP contribution in [0.4, 0.5) is 0 Å². The molecule has 2 heterocycles. The molecule has 0 saturated heterocycles. The minimum atomic E-state index is -1.27. The highest BCUT2D eigenvalue weighted by molar-refractivity contribution is 5.61. The lowest BCUT2D eigenvalue weighted by Gasteiger charge is -2.21. The molecule has 22 heavy (non-hydrogen) atoms. The van der Waals surface area contributed by atoms with E-state index in [0.717, 1.165) is 11.3 Å². The van der Waals surface area contributed by atoms with Crippen LogP contribution >= 0.6 is 0 Å². The number of nitrogens with zero attached hydrogens (tertiary/aromatic N) is 1. The van der Waals surface area contributed by atoms with Crippen molar-refractivity contribution < 1.29 is 10.2 Å². The summed E-state index contributed by atoms with van der Waals surface area (Å²) in [7, 11) is 0. The van der Waals surface area contributed by atoms with Gasteiger partial charge in [0.05, 0.1) is 12.3 Å². The van der Waals surface area contributed by atoms with Gasteiger partial charge in [0.25, 0.3) is 5.56 Å². The highest BCUT2D eigenvalue weighted by atomic mass is 16.3. The van der Waals surface area contributed by atoms with Gasteiger partial charge in [-0.3, -0.25) is 4.79 Å². The normalized spacial score (nSPS) is 14.2. The van der Waals surface area contributed by atoms with Crippen LogP contribution in [-0.2, 0) is 5.60 Å². The Kier molecular flexibility index (Phi) is 3.39. The van der Waals surface area contributed by atoms with Crippen molar-refractivity contribution in [2.24, 2.45) is 0 Å². The largest absolute Gasteiger partial charge is 0.393 e. The number of H-pyrrole nitrogens is 1. The van der Waals surface area contributed by atoms with Crippen molar-refractivity contribution in [2.75, 3.05) is 6.61 Å². The molecule has 5 heteroatoms. The number of rotatable bonds is 3. The van der Waals surface area contributed by atoms with Crippen LogP contribution in [0.1, 0.15) is 18.2 Å². The molecule has 0 spiro atoms. The van der Waals surface area contributed by atoms with Crippen LogP contribution in [-0.4, -0.2) is 26.2 Å². The number of aryl methyl sites for hydroxylation is 1. The van der Waals surface area contributed by atoms with Crippen LogP contribution in [0.5, 0.6) is 0 Å². The average molecular weight is 298 g/mol. The number of benzene rings is 1. The lowest BCUT2D eigenvalue weighted by Crippen LogP contribution is -2.25. The van der Waals surface area contributed by atoms with Gasteiger partial charge in [0.2, 0.25) is 0 Å². The maximum absolute atomic E-state index is 12.1. The number of aromatic nitrogens is 2. The Balaban J connectivity index is 2.08. The van der Waals surface area contributed by atoms with Gasteiger partial charge < -0.3 is 19.6 Å². The molecular weight excluding hydrogens is 280 g/mol. The Morgan fingerprint density at radius 3 is 2.50 bits per heavy atom. The number of aromatic amines is 1. The standard InChI is InChI=1S/C17H18N2O3/c1-11-3-8-15-16(21)18-14(9-19(11)15)12-4-6-13(7-5-12)17(2,22)10-20/h3-9,20,22H,10H2,1-2H3,(H,18,21)/t17-/m0/s1. The predicted molar refractivity (Wildman–Crippen MR) is 84.8 cm³/mol. The van der Waals surface area contributed by atoms with E-state index in [1.54, 1.807) is 25.1 Å². The fourth-order valence-corrected chi connectivity index (χ4v) is 2.50. The number of aliphatic hydroxyl groups is 2. The predicted octanol–water partition coefficient (Wildman–Crippen LogP) is 1.80. The molecule has 0 fully saturated rings. The van der Waals surface area contributed by atoms with Gasteiger partial charge in [-0.1, -0.05) is 24.3 Å². The van der Waals surface area contributed by atoms with Crippen LogP contribution in [0.2, 0.25) is 0 Å². The molecule has 0 aliphatic heterocycles. The summed E-state index contributed by atoms with van der Waals surface area (Å²) in [5.41, 5.74) is 2.35. The SMILES string of the molecule is Cc1ccc2c(=O)[nH]c(-c3ccc([C@@](C)(O)CO)cc3)cn12. The lowest BCUT2D eigenvalue weighted by molar-refractivity contribution is -0.00227. The van der Waals surface area contributed by atoms with Gasteiger partial charge in [-0.2, -0.15) is 0 Å². The third-order valence-corrected chi connectivity index (χ3v) is 3.99. The molecule has 2 aromatic heterocycles. The van der Waals surface area contributed by atoms with Gasteiger partial charge in [0.1, 0.15) is 11.1 Å². The van der Waals surface area contributed by atoms with Crippen molar-refractivity contribution >= 4 is 5.52 Å². The van der Waals surface area contributed by atoms with E-state index >= 15 is 0 Å². The first kappa shape index (κ1) is 14.6. The molecule has 3 rings (SSSR count). The summed E-state index contributed by atoms with van der Waals surface area (Å²) in [4.78, 5) is 15.0. The first-order valence-electron chi connectivity index (χ1n) is 7.07. The molecule has 5 nitrogen and oxygen atoms in total. The third kappa shape index (κ3) is 2.34. The van der Waals surface area contributed by atoms with Crippen molar-refractivity contribution in [3.8, 4) is 11.3 Å². The van der Waals surface area contributed by atoms with Gasteiger partial charge in [-0.25, -0.2) is 0 Å². The minimum absolute atomic E-state index is 0.142. The van der Waals surface area contributed by atoms with E-state index in [9.17, 15) is 15.0 Å². The first-order valence-corrected chi connectivity index (χ1v) is 7.07. The van der Waals surface area contributed by atoms with Gasteiger partial charge >= 0.3 is 0 Å². The summed E-state index contributed by atoms with van der Waals surface area (Å²) in [5, 5.41) is 19.2. The molecule has 0 unspecified atom stereocenters. The molecule has 3 N–H and O–H groups in total. The summed E-state index contributed by atoms with van der Waals surface area (Å²) < 4.78 is 1.85. The van der Waals surface area contributed by atoms with E-state index in [4.69, 9.17) is 0 Å². The molecule has 114 valence electrons. The smallest absolute Gasteiger partial charge is 0.272 e. The van der Waals surface area contributed by atoms with E-state index < -0.39 is 5.60 Å². The number of nitrogens with one attached hydrogen (secondary N) is 1. The summed E-state index contributed by atoms with van der Waals surface area (Å²) >= 11 is 0. The van der Waals surface area contributed by atoms with Crippen molar-refractivity contribution in [3.05, 3.63) is 64.2 Å². The quantitative estimate of drug-likeness (QED) is 0.690. The van der Waals surface area contributed by atoms with Crippen molar-refractivity contribution in [2.45, 2.75) is 19.4 Å². The molecule has 0 bridgehead atoms. The second-order valence-electron chi connectivity index (χ2n) is 5.74. The van der Waals surface area contributed by atoms with Crippen LogP contribution in [0.25, 0.3) is 16.8 Å². The maximum Gasteiger partial charge on any atom is 0.272 e. The Hall–Kier alpha value is -2.37. The van der Waals surface area contributed by atoms with Crippen molar-refractivity contribution in [1.29, 1.82) is 0 Å². The summed E-state index contributed by atoms with van der Waals surface area (Å²) in [6, 6.07) is 10.8. The fourth-order valence-electron chi connectivity index (χ4n) is 2.50. The number of fused-ring (bicyclic) bond motifs is 1. The van der Waals surface area contributed by atoms with Gasteiger partial charge in [-0.05, 0) is 37.1 Å². The summed E-state index contributed by atoms with van der Waals surface area (Å²) in [6.45, 7) is 3.15. The van der Waals surface area contributed by atoms with Crippen molar-refractivity contribution in [1.82, 2.24) is 9.38 Å². The first-order chi connectivity index (χ1) is 10.4. The second kappa shape index (κ2) is 5.12. The monoisotopic (exact) mass is 298 g/mol. The molecule has 0 aliphatic carbocycles. The zero-order valence-electron chi connectivity index (χ0n) is 12.5. The van der Waals surface area contributed by atoms with Crippen LogP contribution < -0.4 is 5.56 Å². The van der Waals surface area contributed by atoms with Gasteiger partial charge in [0, 0.05) is 11.9 Å². The van der Waals surface area contributed by atoms with Crippen LogP contribution in [0, 0.1) is 6.92 Å². The fraction of sp³-hybridized carbons (Fsp3) is 0.235. The summed E-state index contributed by atoms with van der Waals surface area (Å²) in [6.07, 6.45) is 1.88. The molecule has 0 aliphatic rings. The van der Waals surface area contributed by atoms with Gasteiger partial charge in [0.15, 0.2) is 0 Å².